The Labute approximate surface area is 48.4 Å². The molecular weight excluding hydrogens is 102 g/mol. The lowest BCUT2D eigenvalue weighted by molar-refractivity contribution is -0.781. The topological polar surface area (TPSA) is 0 Å². The maximum Gasteiger partial charge on any atom is 0.239 e. The van der Waals surface area contributed by atoms with E-state index in [1.54, 1.807) is 0 Å². The van der Waals surface area contributed by atoms with Gasteiger partial charge in [-0.05, 0) is 0 Å². The third-order valence-electron chi connectivity index (χ3n) is 1.78. The van der Waals surface area contributed by atoms with E-state index in [-0.39, 0.29) is 0 Å². The highest BCUT2D eigenvalue weighted by Gasteiger charge is 2.18. The summed E-state index contributed by atoms with van der Waals surface area (Å²) in [4.78, 5) is 0. The van der Waals surface area contributed by atoms with Crippen LogP contribution in [0.2, 0.25) is 0 Å². The van der Waals surface area contributed by atoms with Crippen LogP contribution >= 0.6 is 0 Å². The second kappa shape index (κ2) is 1.60. The Hall–Kier alpha value is 0.177. The smallest absolute Gasteiger partial charge is 0.239 e. The van der Waals surface area contributed by atoms with Crippen molar-refractivity contribution >= 4 is 10.4 Å². The van der Waals surface area contributed by atoms with Gasteiger partial charge in [0.2, 0.25) is 10.4 Å². The van der Waals surface area contributed by atoms with Gasteiger partial charge in [0.15, 0.2) is 0 Å². The van der Waals surface area contributed by atoms with Gasteiger partial charge < -0.3 is 4.15 Å². The average molecular weight is 116 g/mol. The van der Waals surface area contributed by atoms with Crippen molar-refractivity contribution in [2.24, 2.45) is 0 Å². The molecule has 1 saturated heterocycles. The Balaban J connectivity index is 2.40. The summed E-state index contributed by atoms with van der Waals surface area (Å²) in [6.45, 7) is 2.90. The van der Waals surface area contributed by atoms with Crippen LogP contribution < -0.4 is 0 Å². The molecule has 0 aromatic carbocycles. The Morgan fingerprint density at radius 1 is 1.29 bits per heavy atom. The van der Waals surface area contributed by atoms with Crippen LogP contribution in [0, 0.1) is 0 Å². The summed E-state index contributed by atoms with van der Waals surface area (Å²) in [5.74, 6) is 0. The first-order chi connectivity index (χ1) is 3.21. The molecule has 2 heteroatoms. The average Bonchev–Trinajstić information content (AvgIpc) is 1.84. The SMILES string of the molecule is C[N+]1([SiH3])CCCC1. The van der Waals surface area contributed by atoms with Crippen molar-refractivity contribution in [1.82, 2.24) is 0 Å². The number of likely N-dealkylation sites (tertiary alicyclic amines) is 1. The van der Waals surface area contributed by atoms with Crippen LogP contribution in [0.4, 0.5) is 0 Å². The zero-order valence-electron chi connectivity index (χ0n) is 5.28. The highest BCUT2D eigenvalue weighted by Crippen LogP contribution is 2.10. The fourth-order valence-electron chi connectivity index (χ4n) is 1.19. The minimum atomic E-state index is 1.35. The predicted molar refractivity (Wildman–Crippen MR) is 35.1 cm³/mol. The summed E-state index contributed by atoms with van der Waals surface area (Å²) in [6, 6.07) is 0. The van der Waals surface area contributed by atoms with Gasteiger partial charge in [-0.1, -0.05) is 0 Å². The Morgan fingerprint density at radius 3 is 1.86 bits per heavy atom. The second-order valence-corrected chi connectivity index (χ2v) is 5.25. The van der Waals surface area contributed by atoms with E-state index in [2.05, 4.69) is 7.05 Å². The molecule has 1 fully saturated rings. The molecule has 0 N–H and O–H groups in total. The molecule has 0 saturated carbocycles. The standard InChI is InChI=1S/C5H14NSi/c1-6(7)4-2-3-5-6/h2-5H2,1,7H3/q+1. The third kappa shape index (κ3) is 1.28. The third-order valence-corrected chi connectivity index (χ3v) is 2.67. The molecule has 0 spiro atoms. The van der Waals surface area contributed by atoms with Gasteiger partial charge in [-0.2, -0.15) is 0 Å². The number of quaternary nitrogens is 1. The van der Waals surface area contributed by atoms with Crippen LogP contribution in [-0.4, -0.2) is 34.7 Å². The van der Waals surface area contributed by atoms with Gasteiger partial charge in [0.25, 0.3) is 0 Å². The van der Waals surface area contributed by atoms with Crippen LogP contribution in [0.25, 0.3) is 0 Å². The highest BCUT2D eigenvalue weighted by molar-refractivity contribution is 5.97. The first kappa shape index (κ1) is 5.32. The fraction of sp³-hybridized carbons (Fsp3) is 1.00. The first-order valence-electron chi connectivity index (χ1n) is 3.03. The van der Waals surface area contributed by atoms with Gasteiger partial charge in [0.05, 0.1) is 20.1 Å². The zero-order valence-corrected chi connectivity index (χ0v) is 7.28. The monoisotopic (exact) mass is 116 g/mol. The lowest BCUT2D eigenvalue weighted by Crippen LogP contribution is -2.37. The maximum atomic E-state index is 2.36. The molecule has 42 valence electrons. The van der Waals surface area contributed by atoms with Gasteiger partial charge in [-0.25, -0.2) is 0 Å². The van der Waals surface area contributed by atoms with E-state index in [0.717, 1.165) is 0 Å². The van der Waals surface area contributed by atoms with Crippen molar-refractivity contribution in [2.75, 3.05) is 20.1 Å². The molecular formula is C5H14NSi+. The van der Waals surface area contributed by atoms with E-state index in [4.69, 9.17) is 0 Å². The van der Waals surface area contributed by atoms with Crippen molar-refractivity contribution in [1.29, 1.82) is 0 Å². The molecule has 1 rings (SSSR count). The van der Waals surface area contributed by atoms with Crippen LogP contribution in [-0.2, 0) is 0 Å². The first-order valence-corrected chi connectivity index (χ1v) is 3.92. The number of rotatable bonds is 0. The van der Waals surface area contributed by atoms with Crippen molar-refractivity contribution in [3.05, 3.63) is 0 Å². The Morgan fingerprint density at radius 2 is 1.71 bits per heavy atom. The molecule has 0 radical (unpaired) electrons. The summed E-state index contributed by atoms with van der Waals surface area (Å²) >= 11 is 0. The van der Waals surface area contributed by atoms with Gasteiger partial charge >= 0.3 is 0 Å². The van der Waals surface area contributed by atoms with E-state index in [1.165, 1.54) is 40.5 Å². The molecule has 0 aliphatic carbocycles. The molecule has 1 aliphatic rings. The summed E-state index contributed by atoms with van der Waals surface area (Å²) in [5, 5.41) is 0. The van der Waals surface area contributed by atoms with E-state index < -0.39 is 0 Å². The summed E-state index contributed by atoms with van der Waals surface area (Å²) < 4.78 is 1.39. The van der Waals surface area contributed by atoms with Crippen LogP contribution in [0.15, 0.2) is 0 Å². The van der Waals surface area contributed by atoms with E-state index >= 15 is 0 Å². The van der Waals surface area contributed by atoms with Crippen LogP contribution in [0.5, 0.6) is 0 Å². The normalized spacial score (nSPS) is 28.7. The fourth-order valence-corrected chi connectivity index (χ4v) is 1.82. The Kier molecular flexibility index (Phi) is 1.21. The van der Waals surface area contributed by atoms with Gasteiger partial charge in [-0.3, -0.25) is 0 Å². The molecule has 0 unspecified atom stereocenters. The maximum absolute atomic E-state index is 2.36. The quantitative estimate of drug-likeness (QED) is 0.375. The van der Waals surface area contributed by atoms with Gasteiger partial charge in [0, 0.05) is 12.8 Å². The van der Waals surface area contributed by atoms with Crippen molar-refractivity contribution in [3.63, 3.8) is 0 Å². The molecule has 0 aromatic rings. The van der Waals surface area contributed by atoms with Crippen molar-refractivity contribution < 1.29 is 4.15 Å². The van der Waals surface area contributed by atoms with Gasteiger partial charge in [0.1, 0.15) is 0 Å². The summed E-state index contributed by atoms with van der Waals surface area (Å²) in [7, 11) is 3.71. The predicted octanol–water partition coefficient (Wildman–Crippen LogP) is -0.493. The van der Waals surface area contributed by atoms with E-state index in [1.807, 2.05) is 0 Å². The largest absolute Gasteiger partial charge is 0.393 e. The number of nitrogens with zero attached hydrogens (tertiary/aromatic N) is 1. The lowest BCUT2D eigenvalue weighted by Gasteiger charge is -2.24. The summed E-state index contributed by atoms with van der Waals surface area (Å²) in [5.41, 5.74) is 0. The lowest BCUT2D eigenvalue weighted by atomic mass is 10.4. The van der Waals surface area contributed by atoms with E-state index in [9.17, 15) is 0 Å². The number of hydrogen-bond donors (Lipinski definition) is 0. The van der Waals surface area contributed by atoms with Gasteiger partial charge in [-0.15, -0.1) is 0 Å². The Bertz CT molecular complexity index is 62.5. The van der Waals surface area contributed by atoms with Crippen molar-refractivity contribution in [2.45, 2.75) is 12.8 Å². The van der Waals surface area contributed by atoms with Crippen molar-refractivity contribution in [3.8, 4) is 0 Å². The second-order valence-electron chi connectivity index (χ2n) is 3.09. The molecule has 0 atom stereocenters. The molecule has 1 heterocycles. The van der Waals surface area contributed by atoms with Crippen LogP contribution in [0.1, 0.15) is 12.8 Å². The molecule has 1 aliphatic heterocycles. The van der Waals surface area contributed by atoms with Crippen LogP contribution in [0.3, 0.4) is 0 Å². The molecule has 0 aromatic heterocycles. The summed E-state index contributed by atoms with van der Waals surface area (Å²) in [6.07, 6.45) is 2.94. The molecule has 0 bridgehead atoms. The minimum Gasteiger partial charge on any atom is -0.393 e. The minimum absolute atomic E-state index is 1.35. The molecule has 7 heavy (non-hydrogen) atoms. The highest BCUT2D eigenvalue weighted by atomic mass is 28.2. The zero-order chi connectivity index (χ0) is 5.33. The van der Waals surface area contributed by atoms with E-state index in [0.29, 0.717) is 0 Å². The molecule has 0 amide bonds. The molecule has 1 nitrogen and oxygen atoms in total. The number of hydrogen-bond acceptors (Lipinski definition) is 0.